The van der Waals surface area contributed by atoms with Gasteiger partial charge in [0.15, 0.2) is 5.03 Å². The van der Waals surface area contributed by atoms with Gasteiger partial charge in [-0.05, 0) is 12.8 Å². The number of hydrogen-bond acceptors (Lipinski definition) is 4. The monoisotopic (exact) mass is 272 g/mol. The van der Waals surface area contributed by atoms with Crippen molar-refractivity contribution < 1.29 is 8.42 Å². The molecule has 0 saturated heterocycles. The molecule has 1 aromatic heterocycles. The quantitative estimate of drug-likeness (QED) is 0.765. The molecule has 2 rings (SSSR count). The summed E-state index contributed by atoms with van der Waals surface area (Å²) in [5.74, 6) is 0. The molecule has 0 aliphatic heterocycles. The summed E-state index contributed by atoms with van der Waals surface area (Å²) in [6, 6.07) is 0.545. The minimum absolute atomic E-state index is 0.222. The van der Waals surface area contributed by atoms with Gasteiger partial charge in [-0.1, -0.05) is 13.8 Å². The molecule has 1 aromatic rings. The molecule has 0 aromatic carbocycles. The van der Waals surface area contributed by atoms with Crippen molar-refractivity contribution in [1.82, 2.24) is 19.8 Å². The van der Waals surface area contributed by atoms with Gasteiger partial charge < -0.3 is 5.32 Å². The lowest BCUT2D eigenvalue weighted by atomic mass is 10.3. The molecule has 0 unspecified atom stereocenters. The molecule has 7 heteroatoms. The van der Waals surface area contributed by atoms with Crippen molar-refractivity contribution >= 4 is 10.0 Å². The van der Waals surface area contributed by atoms with Crippen molar-refractivity contribution in [1.29, 1.82) is 0 Å². The average molecular weight is 272 g/mol. The second-order valence-electron chi connectivity index (χ2n) is 4.47. The normalized spacial score (nSPS) is 16.4. The fourth-order valence-corrected chi connectivity index (χ4v) is 3.45. The Balaban J connectivity index is 2.18. The molecular weight excluding hydrogens is 252 g/mol. The van der Waals surface area contributed by atoms with Crippen molar-refractivity contribution in [2.75, 3.05) is 13.1 Å². The van der Waals surface area contributed by atoms with Crippen LogP contribution in [0.15, 0.2) is 11.2 Å². The molecule has 1 heterocycles. The second kappa shape index (κ2) is 5.38. The summed E-state index contributed by atoms with van der Waals surface area (Å²) in [5, 5.41) is 10.0. The number of nitrogens with one attached hydrogen (secondary N) is 2. The molecule has 2 N–H and O–H groups in total. The van der Waals surface area contributed by atoms with E-state index in [9.17, 15) is 8.42 Å². The van der Waals surface area contributed by atoms with Crippen LogP contribution < -0.4 is 5.32 Å². The van der Waals surface area contributed by atoms with Crippen LogP contribution in [0.3, 0.4) is 0 Å². The topological polar surface area (TPSA) is 78.1 Å². The first-order valence-corrected chi connectivity index (χ1v) is 7.79. The van der Waals surface area contributed by atoms with E-state index >= 15 is 0 Å². The Kier molecular flexibility index (Phi) is 4.04. The predicted molar refractivity (Wildman–Crippen MR) is 68.6 cm³/mol. The summed E-state index contributed by atoms with van der Waals surface area (Å²) < 4.78 is 26.2. The van der Waals surface area contributed by atoms with E-state index in [1.165, 1.54) is 17.1 Å². The smallest absolute Gasteiger partial charge is 0.260 e. The first-order chi connectivity index (χ1) is 8.59. The number of H-pyrrole nitrogens is 1. The van der Waals surface area contributed by atoms with Crippen LogP contribution in [0.4, 0.5) is 0 Å². The van der Waals surface area contributed by atoms with Gasteiger partial charge in [0.2, 0.25) is 0 Å². The maximum atomic E-state index is 12.4. The third-order valence-corrected chi connectivity index (χ3v) is 5.21. The lowest BCUT2D eigenvalue weighted by Gasteiger charge is -2.18. The predicted octanol–water partition coefficient (Wildman–Crippen LogP) is 0.692. The Morgan fingerprint density at radius 3 is 2.67 bits per heavy atom. The minimum Gasteiger partial charge on any atom is -0.310 e. The fraction of sp³-hybridized carbons (Fsp3) is 0.727. The van der Waals surface area contributed by atoms with E-state index in [0.717, 1.165) is 0 Å². The van der Waals surface area contributed by atoms with Crippen LogP contribution in [0.5, 0.6) is 0 Å². The van der Waals surface area contributed by atoms with Gasteiger partial charge in [0.05, 0.1) is 6.20 Å². The van der Waals surface area contributed by atoms with Gasteiger partial charge in [-0.15, -0.1) is 0 Å². The molecule has 0 radical (unpaired) electrons. The van der Waals surface area contributed by atoms with Crippen LogP contribution in [0, 0.1) is 0 Å². The van der Waals surface area contributed by atoms with Crippen LogP contribution in [-0.2, 0) is 16.6 Å². The highest BCUT2D eigenvalue weighted by Gasteiger charge is 2.27. The number of aromatic nitrogens is 2. The van der Waals surface area contributed by atoms with Gasteiger partial charge in [-0.25, -0.2) is 8.42 Å². The zero-order valence-corrected chi connectivity index (χ0v) is 11.6. The maximum absolute atomic E-state index is 12.4. The molecule has 0 atom stereocenters. The average Bonchev–Trinajstić information content (AvgIpc) is 3.04. The molecule has 0 amide bonds. The standard InChI is InChI=1S/C11H20N4O2S/c1-3-15(4-2)18(16,17)11-9(8-13-14-11)7-12-10-5-6-10/h8,10,12H,3-7H2,1-2H3,(H,13,14). The fourth-order valence-electron chi connectivity index (χ4n) is 1.88. The SMILES string of the molecule is CCN(CC)S(=O)(=O)c1[nH]ncc1CNC1CC1. The third-order valence-electron chi connectivity index (χ3n) is 3.14. The van der Waals surface area contributed by atoms with Crippen LogP contribution in [-0.4, -0.2) is 42.1 Å². The Morgan fingerprint density at radius 2 is 2.11 bits per heavy atom. The third kappa shape index (κ3) is 2.73. The summed E-state index contributed by atoms with van der Waals surface area (Å²) >= 11 is 0. The van der Waals surface area contributed by atoms with E-state index in [-0.39, 0.29) is 5.03 Å². The van der Waals surface area contributed by atoms with E-state index in [1.807, 2.05) is 13.8 Å². The van der Waals surface area contributed by atoms with E-state index in [2.05, 4.69) is 15.5 Å². The maximum Gasteiger partial charge on any atom is 0.260 e. The second-order valence-corrected chi connectivity index (χ2v) is 6.34. The highest BCUT2D eigenvalue weighted by atomic mass is 32.2. The summed E-state index contributed by atoms with van der Waals surface area (Å²) in [5.41, 5.74) is 0.716. The summed E-state index contributed by atoms with van der Waals surface area (Å²) in [7, 11) is -3.44. The van der Waals surface area contributed by atoms with Crippen molar-refractivity contribution in [3.63, 3.8) is 0 Å². The molecule has 1 fully saturated rings. The van der Waals surface area contributed by atoms with Crippen molar-refractivity contribution in [3.8, 4) is 0 Å². The Hall–Kier alpha value is -0.920. The number of hydrogen-bond donors (Lipinski definition) is 2. The van der Waals surface area contributed by atoms with Crippen molar-refractivity contribution in [2.24, 2.45) is 0 Å². The van der Waals surface area contributed by atoms with Gasteiger partial charge in [0, 0.05) is 31.2 Å². The van der Waals surface area contributed by atoms with Gasteiger partial charge in [-0.3, -0.25) is 5.10 Å². The molecule has 1 aliphatic rings. The molecule has 1 saturated carbocycles. The van der Waals surface area contributed by atoms with Crippen LogP contribution in [0.1, 0.15) is 32.3 Å². The number of rotatable bonds is 7. The Morgan fingerprint density at radius 1 is 1.44 bits per heavy atom. The Bertz CT molecular complexity index is 489. The highest BCUT2D eigenvalue weighted by molar-refractivity contribution is 7.89. The van der Waals surface area contributed by atoms with E-state index in [1.54, 1.807) is 6.20 Å². The van der Waals surface area contributed by atoms with Crippen LogP contribution >= 0.6 is 0 Å². The number of nitrogens with zero attached hydrogens (tertiary/aromatic N) is 2. The van der Waals surface area contributed by atoms with Crippen LogP contribution in [0.25, 0.3) is 0 Å². The van der Waals surface area contributed by atoms with E-state index in [4.69, 9.17) is 0 Å². The van der Waals surface area contributed by atoms with Gasteiger partial charge in [0.25, 0.3) is 10.0 Å². The largest absolute Gasteiger partial charge is 0.310 e. The van der Waals surface area contributed by atoms with Crippen LogP contribution in [0.2, 0.25) is 0 Å². The first kappa shape index (κ1) is 13.5. The van der Waals surface area contributed by atoms with Gasteiger partial charge >= 0.3 is 0 Å². The van der Waals surface area contributed by atoms with Gasteiger partial charge in [-0.2, -0.15) is 9.40 Å². The first-order valence-electron chi connectivity index (χ1n) is 6.35. The lowest BCUT2D eigenvalue weighted by Crippen LogP contribution is -2.32. The minimum atomic E-state index is -3.44. The molecule has 0 bridgehead atoms. The summed E-state index contributed by atoms with van der Waals surface area (Å²) in [6.45, 7) is 5.15. The molecular formula is C11H20N4O2S. The molecule has 6 nitrogen and oxygen atoms in total. The number of aromatic amines is 1. The van der Waals surface area contributed by atoms with E-state index < -0.39 is 10.0 Å². The number of sulfonamides is 1. The van der Waals surface area contributed by atoms with Crippen molar-refractivity contribution in [3.05, 3.63) is 11.8 Å². The zero-order valence-electron chi connectivity index (χ0n) is 10.8. The van der Waals surface area contributed by atoms with Gasteiger partial charge in [0.1, 0.15) is 0 Å². The summed E-state index contributed by atoms with van der Waals surface area (Å²) in [6.07, 6.45) is 3.94. The zero-order chi connectivity index (χ0) is 13.2. The molecule has 1 aliphatic carbocycles. The Labute approximate surface area is 108 Å². The molecule has 18 heavy (non-hydrogen) atoms. The molecule has 0 spiro atoms. The lowest BCUT2D eigenvalue weighted by molar-refractivity contribution is 0.441. The molecule has 102 valence electrons. The van der Waals surface area contributed by atoms with E-state index in [0.29, 0.717) is 31.2 Å². The summed E-state index contributed by atoms with van der Waals surface area (Å²) in [4.78, 5) is 0. The highest BCUT2D eigenvalue weighted by Crippen LogP contribution is 2.21. The van der Waals surface area contributed by atoms with Crippen molar-refractivity contribution in [2.45, 2.75) is 44.3 Å².